The number of amides is 1. The van der Waals surface area contributed by atoms with Gasteiger partial charge < -0.3 is 20.1 Å². The van der Waals surface area contributed by atoms with E-state index < -0.39 is 0 Å². The number of nitrogens with one attached hydrogen (secondary N) is 2. The largest absolute Gasteiger partial charge is 0.489 e. The lowest BCUT2D eigenvalue weighted by Crippen LogP contribution is -2.43. The van der Waals surface area contributed by atoms with Crippen LogP contribution < -0.4 is 15.4 Å². The first-order chi connectivity index (χ1) is 11.8. The van der Waals surface area contributed by atoms with Gasteiger partial charge in [-0.2, -0.15) is 0 Å². The number of hydrogen-bond donors (Lipinski definition) is 2. The average molecular weight is 363 g/mol. The molecule has 0 radical (unpaired) electrons. The first-order valence-corrected chi connectivity index (χ1v) is 8.17. The Balaban J connectivity index is 0.00000225. The zero-order valence-electron chi connectivity index (χ0n) is 13.9. The van der Waals surface area contributed by atoms with Crippen molar-refractivity contribution < 1.29 is 14.3 Å². The fourth-order valence-corrected chi connectivity index (χ4v) is 2.56. The monoisotopic (exact) mass is 362 g/mol. The van der Waals surface area contributed by atoms with Crippen LogP contribution in [0.1, 0.15) is 12.0 Å². The topological polar surface area (TPSA) is 59.6 Å². The Hall–Kier alpha value is -2.08. The predicted molar refractivity (Wildman–Crippen MR) is 100 cm³/mol. The molecule has 6 heteroatoms. The molecule has 1 heterocycles. The van der Waals surface area contributed by atoms with Crippen molar-refractivity contribution in [1.29, 1.82) is 0 Å². The number of carbonyl (C=O) groups is 1. The van der Waals surface area contributed by atoms with Crippen molar-refractivity contribution in [3.05, 3.63) is 60.2 Å². The number of rotatable bonds is 6. The molecule has 134 valence electrons. The first-order valence-electron chi connectivity index (χ1n) is 8.17. The lowest BCUT2D eigenvalue weighted by atomic mass is 10.2. The highest BCUT2D eigenvalue weighted by molar-refractivity contribution is 5.91. The minimum atomic E-state index is -0.0176. The summed E-state index contributed by atoms with van der Waals surface area (Å²) in [5, 5.41) is 6.17. The van der Waals surface area contributed by atoms with Crippen molar-refractivity contribution in [2.45, 2.75) is 19.1 Å². The fourth-order valence-electron chi connectivity index (χ4n) is 2.56. The molecule has 1 saturated heterocycles. The molecule has 2 aromatic carbocycles. The smallest absolute Gasteiger partial charge is 0.226 e. The molecule has 25 heavy (non-hydrogen) atoms. The van der Waals surface area contributed by atoms with E-state index in [1.807, 2.05) is 54.6 Å². The number of hydrogen-bond acceptors (Lipinski definition) is 4. The van der Waals surface area contributed by atoms with Gasteiger partial charge in [-0.15, -0.1) is 12.4 Å². The Morgan fingerprint density at radius 3 is 2.60 bits per heavy atom. The second-order valence-corrected chi connectivity index (χ2v) is 5.78. The Morgan fingerprint density at radius 1 is 1.16 bits per heavy atom. The molecular formula is C19H23ClN2O3. The van der Waals surface area contributed by atoms with Gasteiger partial charge in [-0.3, -0.25) is 4.79 Å². The number of carbonyl (C=O) groups excluding carboxylic acids is 1. The van der Waals surface area contributed by atoms with Crippen molar-refractivity contribution in [3.63, 3.8) is 0 Å². The summed E-state index contributed by atoms with van der Waals surface area (Å²) in [5.74, 6) is 0.759. The molecule has 1 aliphatic heterocycles. The summed E-state index contributed by atoms with van der Waals surface area (Å²) in [6.07, 6.45) is 0.409. The zero-order valence-corrected chi connectivity index (χ0v) is 14.8. The van der Waals surface area contributed by atoms with Gasteiger partial charge in [0.25, 0.3) is 0 Å². The van der Waals surface area contributed by atoms with Gasteiger partial charge in [0.1, 0.15) is 12.4 Å². The van der Waals surface area contributed by atoms with Gasteiger partial charge in [-0.05, 0) is 29.8 Å². The van der Waals surface area contributed by atoms with Crippen LogP contribution in [0.2, 0.25) is 0 Å². The second-order valence-electron chi connectivity index (χ2n) is 5.78. The van der Waals surface area contributed by atoms with Gasteiger partial charge in [0.2, 0.25) is 5.91 Å². The molecule has 1 atom stereocenters. The van der Waals surface area contributed by atoms with E-state index in [0.29, 0.717) is 26.2 Å². The number of anilines is 1. The quantitative estimate of drug-likeness (QED) is 0.829. The van der Waals surface area contributed by atoms with Gasteiger partial charge in [0, 0.05) is 24.7 Å². The van der Waals surface area contributed by atoms with Crippen LogP contribution in [0, 0.1) is 0 Å². The highest BCUT2D eigenvalue weighted by Gasteiger charge is 2.16. The molecule has 0 aromatic heterocycles. The molecule has 0 bridgehead atoms. The zero-order chi connectivity index (χ0) is 16.6. The van der Waals surface area contributed by atoms with Crippen LogP contribution in [0.5, 0.6) is 5.75 Å². The van der Waals surface area contributed by atoms with Crippen LogP contribution in [0.15, 0.2) is 54.6 Å². The molecule has 3 rings (SSSR count). The summed E-state index contributed by atoms with van der Waals surface area (Å²) in [5.41, 5.74) is 1.89. The molecule has 1 unspecified atom stereocenters. The van der Waals surface area contributed by atoms with Crippen LogP contribution in [0.25, 0.3) is 0 Å². The van der Waals surface area contributed by atoms with Crippen LogP contribution >= 0.6 is 12.4 Å². The lowest BCUT2D eigenvalue weighted by Gasteiger charge is -2.23. The van der Waals surface area contributed by atoms with Crippen LogP contribution in [0.4, 0.5) is 5.69 Å². The average Bonchev–Trinajstić information content (AvgIpc) is 2.63. The van der Waals surface area contributed by atoms with E-state index in [4.69, 9.17) is 9.47 Å². The van der Waals surface area contributed by atoms with Crippen molar-refractivity contribution in [2.24, 2.45) is 0 Å². The summed E-state index contributed by atoms with van der Waals surface area (Å²) in [6.45, 7) is 2.62. The van der Waals surface area contributed by atoms with Crippen molar-refractivity contribution in [2.75, 3.05) is 25.1 Å². The molecule has 2 N–H and O–H groups in total. The maximum atomic E-state index is 12.0. The van der Waals surface area contributed by atoms with E-state index in [2.05, 4.69) is 10.6 Å². The van der Waals surface area contributed by atoms with E-state index in [1.165, 1.54) is 0 Å². The fraction of sp³-hybridized carbons (Fsp3) is 0.316. The summed E-state index contributed by atoms with van der Waals surface area (Å²) in [6, 6.07) is 17.5. The third-order valence-corrected chi connectivity index (χ3v) is 3.82. The summed E-state index contributed by atoms with van der Waals surface area (Å²) >= 11 is 0. The second kappa shape index (κ2) is 10.0. The SMILES string of the molecule is Cl.O=C(CC1COCCN1)Nc1ccc(OCc2ccccc2)cc1. The molecule has 2 aromatic rings. The third-order valence-electron chi connectivity index (χ3n) is 3.82. The van der Waals surface area contributed by atoms with E-state index in [0.717, 1.165) is 23.5 Å². The van der Waals surface area contributed by atoms with Crippen LogP contribution in [-0.2, 0) is 16.1 Å². The minimum absolute atomic E-state index is 0. The molecule has 0 aliphatic carbocycles. The highest BCUT2D eigenvalue weighted by Crippen LogP contribution is 2.17. The maximum absolute atomic E-state index is 12.0. The Kier molecular flexibility index (Phi) is 7.73. The standard InChI is InChI=1S/C19H22N2O3.ClH/c22-19(12-17-14-23-11-10-20-17)21-16-6-8-18(9-7-16)24-13-15-4-2-1-3-5-15;/h1-9,17,20H,10-14H2,(H,21,22);1H. The van der Waals surface area contributed by atoms with Gasteiger partial charge in [0.15, 0.2) is 0 Å². The van der Waals surface area contributed by atoms with Crippen LogP contribution in [0.3, 0.4) is 0 Å². The predicted octanol–water partition coefficient (Wildman–Crippen LogP) is 3.00. The number of benzene rings is 2. The van der Waals surface area contributed by atoms with Gasteiger partial charge in [0.05, 0.1) is 13.2 Å². The van der Waals surface area contributed by atoms with E-state index >= 15 is 0 Å². The maximum Gasteiger partial charge on any atom is 0.226 e. The molecular weight excluding hydrogens is 340 g/mol. The molecule has 1 aliphatic rings. The van der Waals surface area contributed by atoms with E-state index in [1.54, 1.807) is 0 Å². The van der Waals surface area contributed by atoms with E-state index in [-0.39, 0.29) is 24.4 Å². The lowest BCUT2D eigenvalue weighted by molar-refractivity contribution is -0.117. The molecule has 0 spiro atoms. The molecule has 1 amide bonds. The molecule has 1 fully saturated rings. The Bertz CT molecular complexity index is 643. The van der Waals surface area contributed by atoms with Gasteiger partial charge >= 0.3 is 0 Å². The van der Waals surface area contributed by atoms with Crippen LogP contribution in [-0.4, -0.2) is 31.7 Å². The van der Waals surface area contributed by atoms with Gasteiger partial charge in [-0.25, -0.2) is 0 Å². The molecule has 0 saturated carbocycles. The third kappa shape index (κ3) is 6.38. The van der Waals surface area contributed by atoms with Crippen molar-refractivity contribution in [1.82, 2.24) is 5.32 Å². The summed E-state index contributed by atoms with van der Waals surface area (Å²) in [4.78, 5) is 12.0. The highest BCUT2D eigenvalue weighted by atomic mass is 35.5. The number of morpholine rings is 1. The Morgan fingerprint density at radius 2 is 1.92 bits per heavy atom. The number of halogens is 1. The summed E-state index contributed by atoms with van der Waals surface area (Å²) < 4.78 is 11.1. The van der Waals surface area contributed by atoms with Crippen molar-refractivity contribution >= 4 is 24.0 Å². The normalized spacial score (nSPS) is 16.6. The summed E-state index contributed by atoms with van der Waals surface area (Å²) in [7, 11) is 0. The first kappa shape index (κ1) is 19.2. The van der Waals surface area contributed by atoms with E-state index in [9.17, 15) is 4.79 Å². The Labute approximate surface area is 154 Å². The number of ether oxygens (including phenoxy) is 2. The van der Waals surface area contributed by atoms with Crippen molar-refractivity contribution in [3.8, 4) is 5.75 Å². The van der Waals surface area contributed by atoms with Gasteiger partial charge in [-0.1, -0.05) is 30.3 Å². The minimum Gasteiger partial charge on any atom is -0.489 e. The molecule has 5 nitrogen and oxygen atoms in total.